The first-order chi connectivity index (χ1) is 8.97. The van der Waals surface area contributed by atoms with E-state index < -0.39 is 9.84 Å². The van der Waals surface area contributed by atoms with E-state index in [2.05, 4.69) is 5.32 Å². The molecule has 0 aliphatic carbocycles. The summed E-state index contributed by atoms with van der Waals surface area (Å²) in [4.78, 5) is 12.3. The number of morpholine rings is 1. The first kappa shape index (κ1) is 14.2. The van der Waals surface area contributed by atoms with Gasteiger partial charge in [0.05, 0.1) is 18.1 Å². The lowest BCUT2D eigenvalue weighted by Crippen LogP contribution is -2.42. The number of Topliss-reactive ketones (excluding diaryl/α,β-unsaturated/α-hetero) is 1. The Morgan fingerprint density at radius 2 is 2.05 bits per heavy atom. The molecule has 2 rings (SSSR count). The Morgan fingerprint density at radius 3 is 2.58 bits per heavy atom. The Kier molecular flexibility index (Phi) is 4.34. The first-order valence-corrected chi connectivity index (χ1v) is 8.00. The van der Waals surface area contributed by atoms with Gasteiger partial charge in [-0.3, -0.25) is 4.79 Å². The van der Waals surface area contributed by atoms with Crippen molar-refractivity contribution in [3.05, 3.63) is 29.8 Å². The molecule has 5 nitrogen and oxygen atoms in total. The fraction of sp³-hybridized carbons (Fsp3) is 0.462. The van der Waals surface area contributed by atoms with E-state index in [0.29, 0.717) is 25.2 Å². The molecule has 19 heavy (non-hydrogen) atoms. The highest BCUT2D eigenvalue weighted by Crippen LogP contribution is 2.13. The summed E-state index contributed by atoms with van der Waals surface area (Å²) >= 11 is 0. The molecule has 1 N–H and O–H groups in total. The number of ether oxygens (including phenoxy) is 1. The number of sulfone groups is 1. The van der Waals surface area contributed by atoms with Crippen LogP contribution in [0, 0.1) is 0 Å². The van der Waals surface area contributed by atoms with Crippen LogP contribution >= 0.6 is 0 Å². The average molecular weight is 283 g/mol. The van der Waals surface area contributed by atoms with Crippen LogP contribution in [0.3, 0.4) is 0 Å². The summed E-state index contributed by atoms with van der Waals surface area (Å²) in [6, 6.07) is 6.08. The Morgan fingerprint density at radius 1 is 1.37 bits per heavy atom. The Bertz CT molecular complexity index is 545. The topological polar surface area (TPSA) is 72.5 Å². The molecule has 0 amide bonds. The van der Waals surface area contributed by atoms with E-state index in [1.54, 1.807) is 12.1 Å². The lowest BCUT2D eigenvalue weighted by molar-refractivity contribution is 0.0676. The highest BCUT2D eigenvalue weighted by molar-refractivity contribution is 7.90. The summed E-state index contributed by atoms with van der Waals surface area (Å²) in [6.07, 6.45) is 1.51. The van der Waals surface area contributed by atoms with Crippen LogP contribution in [0.5, 0.6) is 0 Å². The monoisotopic (exact) mass is 283 g/mol. The summed E-state index contributed by atoms with van der Waals surface area (Å²) in [5.74, 6) is -0.0111. The van der Waals surface area contributed by atoms with Crippen molar-refractivity contribution in [2.45, 2.75) is 17.4 Å². The summed E-state index contributed by atoms with van der Waals surface area (Å²) in [6.45, 7) is 1.96. The van der Waals surface area contributed by atoms with Crippen molar-refractivity contribution in [1.82, 2.24) is 5.32 Å². The van der Waals surface area contributed by atoms with Crippen LogP contribution in [0.15, 0.2) is 29.2 Å². The molecule has 104 valence electrons. The molecule has 1 saturated heterocycles. The standard InChI is InChI=1S/C13H17NO4S/c1-19(16,17)12-4-2-10(3-5-12)13(15)8-11-9-18-7-6-14-11/h2-5,11,14H,6-9H2,1H3. The Hall–Kier alpha value is -1.24. The third kappa shape index (κ3) is 3.86. The van der Waals surface area contributed by atoms with E-state index in [1.165, 1.54) is 12.1 Å². The molecule has 0 radical (unpaired) electrons. The highest BCUT2D eigenvalue weighted by atomic mass is 32.2. The number of hydrogen-bond donors (Lipinski definition) is 1. The van der Waals surface area contributed by atoms with Gasteiger partial charge in [-0.05, 0) is 12.1 Å². The molecule has 0 saturated carbocycles. The van der Waals surface area contributed by atoms with Crippen molar-refractivity contribution in [3.8, 4) is 0 Å². The zero-order chi connectivity index (χ0) is 13.9. The predicted molar refractivity (Wildman–Crippen MR) is 71.1 cm³/mol. The van der Waals surface area contributed by atoms with Gasteiger partial charge >= 0.3 is 0 Å². The van der Waals surface area contributed by atoms with Crippen LogP contribution in [0.4, 0.5) is 0 Å². The highest BCUT2D eigenvalue weighted by Gasteiger charge is 2.18. The summed E-state index contributed by atoms with van der Waals surface area (Å²) in [5.41, 5.74) is 0.528. The second-order valence-corrected chi connectivity index (χ2v) is 6.67. The van der Waals surface area contributed by atoms with E-state index in [1.807, 2.05) is 0 Å². The minimum absolute atomic E-state index is 0.0111. The molecular formula is C13H17NO4S. The second-order valence-electron chi connectivity index (χ2n) is 4.65. The minimum atomic E-state index is -3.22. The Balaban J connectivity index is 2.03. The van der Waals surface area contributed by atoms with Gasteiger partial charge in [-0.1, -0.05) is 12.1 Å². The fourth-order valence-corrected chi connectivity index (χ4v) is 2.61. The molecule has 1 aromatic carbocycles. The van der Waals surface area contributed by atoms with Crippen molar-refractivity contribution in [1.29, 1.82) is 0 Å². The van der Waals surface area contributed by atoms with Gasteiger partial charge in [-0.2, -0.15) is 0 Å². The predicted octanol–water partition coefficient (Wildman–Crippen LogP) is 0.651. The number of carbonyl (C=O) groups excluding carboxylic acids is 1. The van der Waals surface area contributed by atoms with Crippen LogP contribution in [0.25, 0.3) is 0 Å². The van der Waals surface area contributed by atoms with E-state index in [4.69, 9.17) is 4.74 Å². The van der Waals surface area contributed by atoms with Gasteiger partial charge in [-0.15, -0.1) is 0 Å². The van der Waals surface area contributed by atoms with Gasteiger partial charge in [-0.25, -0.2) is 8.42 Å². The molecule has 0 bridgehead atoms. The molecule has 1 fully saturated rings. The summed E-state index contributed by atoms with van der Waals surface area (Å²) in [5, 5.41) is 3.21. The minimum Gasteiger partial charge on any atom is -0.378 e. The molecule has 1 aliphatic rings. The SMILES string of the molecule is CS(=O)(=O)c1ccc(C(=O)CC2COCCN2)cc1. The maximum atomic E-state index is 12.0. The van der Waals surface area contributed by atoms with E-state index in [9.17, 15) is 13.2 Å². The first-order valence-electron chi connectivity index (χ1n) is 6.11. The lowest BCUT2D eigenvalue weighted by Gasteiger charge is -2.23. The Labute approximate surface area is 112 Å². The quantitative estimate of drug-likeness (QED) is 0.822. The van der Waals surface area contributed by atoms with Crippen molar-refractivity contribution in [2.24, 2.45) is 0 Å². The molecule has 1 aliphatic heterocycles. The van der Waals surface area contributed by atoms with E-state index >= 15 is 0 Å². The van der Waals surface area contributed by atoms with Crippen LogP contribution in [-0.2, 0) is 14.6 Å². The van der Waals surface area contributed by atoms with Crippen LogP contribution in [0.2, 0.25) is 0 Å². The fourth-order valence-electron chi connectivity index (χ4n) is 1.98. The second kappa shape index (κ2) is 5.81. The normalized spacial score (nSPS) is 20.2. The molecule has 1 atom stereocenters. The van der Waals surface area contributed by atoms with Gasteiger partial charge in [0.15, 0.2) is 15.6 Å². The lowest BCUT2D eigenvalue weighted by atomic mass is 10.0. The average Bonchev–Trinajstić information content (AvgIpc) is 2.39. The zero-order valence-electron chi connectivity index (χ0n) is 10.8. The number of benzene rings is 1. The maximum absolute atomic E-state index is 12.0. The number of rotatable bonds is 4. The third-order valence-electron chi connectivity index (χ3n) is 3.03. The molecular weight excluding hydrogens is 266 g/mol. The van der Waals surface area contributed by atoms with Gasteiger partial charge in [0.25, 0.3) is 0 Å². The van der Waals surface area contributed by atoms with Crippen molar-refractivity contribution in [3.63, 3.8) is 0 Å². The van der Waals surface area contributed by atoms with Crippen LogP contribution in [0.1, 0.15) is 16.8 Å². The molecule has 0 aromatic heterocycles. The third-order valence-corrected chi connectivity index (χ3v) is 4.16. The number of hydrogen-bond acceptors (Lipinski definition) is 5. The van der Waals surface area contributed by atoms with Crippen LogP contribution < -0.4 is 5.32 Å². The van der Waals surface area contributed by atoms with E-state index in [0.717, 1.165) is 12.8 Å². The summed E-state index contributed by atoms with van der Waals surface area (Å²) < 4.78 is 27.9. The summed E-state index contributed by atoms with van der Waals surface area (Å²) in [7, 11) is -3.22. The number of nitrogens with one attached hydrogen (secondary N) is 1. The molecule has 0 spiro atoms. The molecule has 1 heterocycles. The number of ketones is 1. The molecule has 1 unspecified atom stereocenters. The molecule has 6 heteroatoms. The molecule has 1 aromatic rings. The van der Waals surface area contributed by atoms with Gasteiger partial charge in [0.2, 0.25) is 0 Å². The maximum Gasteiger partial charge on any atom is 0.175 e. The van der Waals surface area contributed by atoms with Gasteiger partial charge in [0.1, 0.15) is 0 Å². The largest absolute Gasteiger partial charge is 0.378 e. The van der Waals surface area contributed by atoms with E-state index in [-0.39, 0.29) is 16.7 Å². The van der Waals surface area contributed by atoms with Gasteiger partial charge < -0.3 is 10.1 Å². The van der Waals surface area contributed by atoms with Crippen molar-refractivity contribution < 1.29 is 17.9 Å². The number of carbonyl (C=O) groups is 1. The smallest absolute Gasteiger partial charge is 0.175 e. The zero-order valence-corrected chi connectivity index (χ0v) is 11.6. The van der Waals surface area contributed by atoms with Crippen molar-refractivity contribution >= 4 is 15.6 Å². The van der Waals surface area contributed by atoms with Crippen molar-refractivity contribution in [2.75, 3.05) is 26.0 Å². The van der Waals surface area contributed by atoms with Gasteiger partial charge in [0, 0.05) is 30.8 Å². The van der Waals surface area contributed by atoms with Crippen LogP contribution in [-0.4, -0.2) is 46.3 Å².